The van der Waals surface area contributed by atoms with Crippen molar-refractivity contribution in [3.63, 3.8) is 0 Å². The lowest BCUT2D eigenvalue weighted by atomic mass is 9.88. The van der Waals surface area contributed by atoms with Crippen molar-refractivity contribution in [1.82, 2.24) is 4.90 Å². The van der Waals surface area contributed by atoms with Crippen LogP contribution in [0.2, 0.25) is 0 Å². The molecule has 0 aliphatic carbocycles. The number of carbonyl (C=O) groups is 1. The van der Waals surface area contributed by atoms with Crippen molar-refractivity contribution in [2.24, 2.45) is 5.41 Å². The maximum atomic E-state index is 11.8. The van der Waals surface area contributed by atoms with E-state index in [-0.39, 0.29) is 5.91 Å². The zero-order chi connectivity index (χ0) is 10.5. The summed E-state index contributed by atoms with van der Waals surface area (Å²) in [6.45, 7) is 5.75. The number of amides is 1. The molecule has 0 radical (unpaired) electrons. The Bertz CT molecular complexity index is 214. The monoisotopic (exact) mass is 181 g/mol. The molecule has 2 nitrogen and oxygen atoms in total. The van der Waals surface area contributed by atoms with Crippen LogP contribution in [-0.4, -0.2) is 24.9 Å². The summed E-state index contributed by atoms with van der Waals surface area (Å²) < 4.78 is 0. The van der Waals surface area contributed by atoms with Gasteiger partial charge in [-0.15, -0.1) is 0 Å². The van der Waals surface area contributed by atoms with Gasteiger partial charge in [-0.2, -0.15) is 0 Å². The second-order valence-corrected chi connectivity index (χ2v) is 3.48. The second kappa shape index (κ2) is 4.85. The molecule has 0 fully saturated rings. The third-order valence-electron chi connectivity index (χ3n) is 1.89. The highest BCUT2D eigenvalue weighted by Gasteiger charge is 2.27. The first-order valence-corrected chi connectivity index (χ1v) is 4.47. The van der Waals surface area contributed by atoms with Gasteiger partial charge in [0.05, 0.1) is 5.41 Å². The Hall–Kier alpha value is -1.05. The lowest BCUT2D eigenvalue weighted by Crippen LogP contribution is -2.35. The summed E-state index contributed by atoms with van der Waals surface area (Å²) in [5.41, 5.74) is -0.493. The molecule has 0 N–H and O–H groups in total. The van der Waals surface area contributed by atoms with Gasteiger partial charge in [0, 0.05) is 14.1 Å². The molecular weight excluding hydrogens is 162 g/mol. The largest absolute Gasteiger partial charge is 0.348 e. The summed E-state index contributed by atoms with van der Waals surface area (Å²) in [5.74, 6) is 0.101. The van der Waals surface area contributed by atoms with Gasteiger partial charge in [0.1, 0.15) is 0 Å². The summed E-state index contributed by atoms with van der Waals surface area (Å²) in [4.78, 5) is 13.4. The Kier molecular flexibility index (Phi) is 4.46. The minimum absolute atomic E-state index is 0.101. The summed E-state index contributed by atoms with van der Waals surface area (Å²) in [5, 5.41) is 0. The highest BCUT2D eigenvalue weighted by Crippen LogP contribution is 2.22. The minimum atomic E-state index is -0.493. The molecular formula is C11H19NO. The van der Waals surface area contributed by atoms with E-state index in [1.54, 1.807) is 19.0 Å². The van der Waals surface area contributed by atoms with Gasteiger partial charge >= 0.3 is 0 Å². The fourth-order valence-corrected chi connectivity index (χ4v) is 1.37. The number of hydrogen-bond donors (Lipinski definition) is 0. The Labute approximate surface area is 80.9 Å². The zero-order valence-electron chi connectivity index (χ0n) is 9.16. The van der Waals surface area contributed by atoms with Crippen LogP contribution in [0.5, 0.6) is 0 Å². The molecule has 0 unspecified atom stereocenters. The van der Waals surface area contributed by atoms with Crippen molar-refractivity contribution < 1.29 is 4.79 Å². The van der Waals surface area contributed by atoms with E-state index >= 15 is 0 Å². The molecule has 0 aliphatic rings. The lowest BCUT2D eigenvalue weighted by Gasteiger charge is -2.24. The number of carbonyl (C=O) groups excluding carboxylic acids is 1. The Balaban J connectivity index is 4.89. The molecule has 0 heterocycles. The van der Waals surface area contributed by atoms with Gasteiger partial charge in [-0.1, -0.05) is 24.3 Å². The molecule has 74 valence electrons. The summed E-state index contributed by atoms with van der Waals surface area (Å²) in [7, 11) is 3.54. The van der Waals surface area contributed by atoms with Crippen LogP contribution >= 0.6 is 0 Å². The molecule has 2 heteroatoms. The molecule has 0 saturated heterocycles. The van der Waals surface area contributed by atoms with Crippen molar-refractivity contribution in [1.29, 1.82) is 0 Å². The summed E-state index contributed by atoms with van der Waals surface area (Å²) in [6, 6.07) is 0. The predicted octanol–water partition coefficient (Wildman–Crippen LogP) is 2.23. The molecule has 0 aromatic carbocycles. The molecule has 0 aliphatic heterocycles. The standard InChI is InChI=1S/C11H19NO/c1-6-8-11(3,9-7-2)10(13)12(4)5/h6-9H,1-5H3/b8-6-,9-7-. The van der Waals surface area contributed by atoms with E-state index in [0.717, 1.165) is 0 Å². The highest BCUT2D eigenvalue weighted by molar-refractivity contribution is 5.85. The van der Waals surface area contributed by atoms with Crippen LogP contribution in [0.15, 0.2) is 24.3 Å². The molecule has 0 aromatic rings. The van der Waals surface area contributed by atoms with Crippen molar-refractivity contribution in [2.45, 2.75) is 20.8 Å². The zero-order valence-corrected chi connectivity index (χ0v) is 9.16. The summed E-state index contributed by atoms with van der Waals surface area (Å²) >= 11 is 0. The van der Waals surface area contributed by atoms with Crippen molar-refractivity contribution >= 4 is 5.91 Å². The minimum Gasteiger partial charge on any atom is -0.348 e. The number of nitrogens with zero attached hydrogens (tertiary/aromatic N) is 1. The molecule has 0 rings (SSSR count). The SMILES string of the molecule is C/C=C\C(C)(/C=C\C)C(=O)N(C)C. The Morgan fingerprint density at radius 1 is 1.15 bits per heavy atom. The lowest BCUT2D eigenvalue weighted by molar-refractivity contribution is -0.133. The highest BCUT2D eigenvalue weighted by atomic mass is 16.2. The van der Waals surface area contributed by atoms with E-state index in [9.17, 15) is 4.79 Å². The first kappa shape index (κ1) is 11.9. The molecule has 0 spiro atoms. The maximum absolute atomic E-state index is 11.8. The first-order chi connectivity index (χ1) is 5.98. The van der Waals surface area contributed by atoms with E-state index < -0.39 is 5.41 Å². The number of hydrogen-bond acceptors (Lipinski definition) is 1. The van der Waals surface area contributed by atoms with Crippen LogP contribution < -0.4 is 0 Å². The van der Waals surface area contributed by atoms with Crippen LogP contribution in [0.3, 0.4) is 0 Å². The van der Waals surface area contributed by atoms with Crippen LogP contribution in [0.25, 0.3) is 0 Å². The van der Waals surface area contributed by atoms with Gasteiger partial charge in [-0.05, 0) is 20.8 Å². The van der Waals surface area contributed by atoms with E-state index in [1.165, 1.54) is 0 Å². The van der Waals surface area contributed by atoms with Crippen LogP contribution in [0.1, 0.15) is 20.8 Å². The van der Waals surface area contributed by atoms with Gasteiger partial charge in [-0.25, -0.2) is 0 Å². The first-order valence-electron chi connectivity index (χ1n) is 4.47. The van der Waals surface area contributed by atoms with Gasteiger partial charge in [0.2, 0.25) is 5.91 Å². The van der Waals surface area contributed by atoms with E-state index in [2.05, 4.69) is 0 Å². The van der Waals surface area contributed by atoms with Crippen molar-refractivity contribution in [3.05, 3.63) is 24.3 Å². The van der Waals surface area contributed by atoms with E-state index in [0.29, 0.717) is 0 Å². The van der Waals surface area contributed by atoms with Crippen LogP contribution in [-0.2, 0) is 4.79 Å². The van der Waals surface area contributed by atoms with Crippen LogP contribution in [0.4, 0.5) is 0 Å². The fraction of sp³-hybridized carbons (Fsp3) is 0.545. The Morgan fingerprint density at radius 2 is 1.54 bits per heavy atom. The average Bonchev–Trinajstić information content (AvgIpc) is 2.03. The molecule has 0 bridgehead atoms. The number of rotatable bonds is 3. The molecule has 1 amide bonds. The smallest absolute Gasteiger partial charge is 0.235 e. The van der Waals surface area contributed by atoms with Gasteiger partial charge < -0.3 is 4.90 Å². The average molecular weight is 181 g/mol. The summed E-state index contributed by atoms with van der Waals surface area (Å²) in [6.07, 6.45) is 7.63. The second-order valence-electron chi connectivity index (χ2n) is 3.48. The molecule has 13 heavy (non-hydrogen) atoms. The normalized spacial score (nSPS) is 12.7. The van der Waals surface area contributed by atoms with E-state index in [4.69, 9.17) is 0 Å². The fourth-order valence-electron chi connectivity index (χ4n) is 1.37. The topological polar surface area (TPSA) is 20.3 Å². The van der Waals surface area contributed by atoms with Gasteiger partial charge in [0.15, 0.2) is 0 Å². The van der Waals surface area contributed by atoms with Gasteiger partial charge in [0.25, 0.3) is 0 Å². The quantitative estimate of drug-likeness (QED) is 0.611. The molecule has 0 aromatic heterocycles. The molecule has 0 atom stereocenters. The van der Waals surface area contributed by atoms with Crippen molar-refractivity contribution in [2.75, 3.05) is 14.1 Å². The van der Waals surface area contributed by atoms with Gasteiger partial charge in [-0.3, -0.25) is 4.79 Å². The maximum Gasteiger partial charge on any atom is 0.235 e. The number of allylic oxidation sites excluding steroid dienone is 2. The van der Waals surface area contributed by atoms with Crippen LogP contribution in [0, 0.1) is 5.41 Å². The molecule has 0 saturated carbocycles. The third-order valence-corrected chi connectivity index (χ3v) is 1.89. The van der Waals surface area contributed by atoms with Crippen molar-refractivity contribution in [3.8, 4) is 0 Å². The third kappa shape index (κ3) is 3.05. The van der Waals surface area contributed by atoms with E-state index in [1.807, 2.05) is 45.1 Å². The Morgan fingerprint density at radius 3 is 1.77 bits per heavy atom. The predicted molar refractivity (Wildman–Crippen MR) is 56.4 cm³/mol.